The molecule has 0 aromatic heterocycles. The Hall–Kier alpha value is -4.75. The monoisotopic (exact) mass is 576 g/mol. The maximum Gasteiger partial charge on any atom is 0.187 e. The van der Waals surface area contributed by atoms with Crippen LogP contribution in [0.4, 0.5) is 0 Å². The van der Waals surface area contributed by atoms with E-state index in [0.29, 0.717) is 38.8 Å². The van der Waals surface area contributed by atoms with E-state index in [4.69, 9.17) is 26.2 Å². The molecule has 1 fully saturated rings. The van der Waals surface area contributed by atoms with Gasteiger partial charge in [-0.15, -0.1) is 0 Å². The topological polar surface area (TPSA) is 85.3 Å². The molecule has 3 atom stereocenters. The molecule has 2 aliphatic heterocycles. The molecule has 7 nitrogen and oxygen atoms in total. The molecule has 1 aliphatic carbocycles. The SMILES string of the molecule is COc1ccc([C@@H]2[C@@H](C(=O)c3ccc(Cl)cc3)N3N=Cc4ccccc4[C@@H]3C23C(=O)c2ccccc2C3=O)c(OC)c1. The second kappa shape index (κ2) is 9.67. The number of carbonyl (C=O) groups is 3. The predicted molar refractivity (Wildman–Crippen MR) is 158 cm³/mol. The molecule has 0 N–H and O–H groups in total. The number of hydrogen-bond acceptors (Lipinski definition) is 7. The van der Waals surface area contributed by atoms with Crippen LogP contribution in [0.5, 0.6) is 11.5 Å². The zero-order valence-electron chi connectivity index (χ0n) is 22.8. The van der Waals surface area contributed by atoms with Crippen LogP contribution < -0.4 is 9.47 Å². The number of halogens is 1. The second-order valence-corrected chi connectivity index (χ2v) is 11.1. The number of fused-ring (bicyclic) bond motifs is 5. The van der Waals surface area contributed by atoms with Crippen molar-refractivity contribution in [3.63, 3.8) is 0 Å². The van der Waals surface area contributed by atoms with Crippen LogP contribution >= 0.6 is 11.6 Å². The highest BCUT2D eigenvalue weighted by Crippen LogP contribution is 2.65. The van der Waals surface area contributed by atoms with Crippen LogP contribution in [0.2, 0.25) is 5.02 Å². The predicted octanol–water partition coefficient (Wildman–Crippen LogP) is 6.16. The third kappa shape index (κ3) is 3.46. The Labute approximate surface area is 247 Å². The van der Waals surface area contributed by atoms with E-state index in [-0.39, 0.29) is 17.3 Å². The molecule has 0 bridgehead atoms. The Kier molecular flexibility index (Phi) is 6.02. The van der Waals surface area contributed by atoms with Crippen LogP contribution in [-0.2, 0) is 0 Å². The first kappa shape index (κ1) is 26.2. The Morgan fingerprint density at radius 3 is 2.17 bits per heavy atom. The lowest BCUT2D eigenvalue weighted by molar-refractivity contribution is 0.0585. The average Bonchev–Trinajstić information content (AvgIpc) is 3.46. The number of rotatable bonds is 5. The summed E-state index contributed by atoms with van der Waals surface area (Å²) in [4.78, 5) is 44.3. The van der Waals surface area contributed by atoms with Gasteiger partial charge in [0.1, 0.15) is 23.0 Å². The molecule has 3 aliphatic rings. The fourth-order valence-corrected chi connectivity index (χ4v) is 7.11. The van der Waals surface area contributed by atoms with Crippen molar-refractivity contribution in [3.05, 3.63) is 129 Å². The summed E-state index contributed by atoms with van der Waals surface area (Å²) in [5, 5.41) is 6.94. The summed E-state index contributed by atoms with van der Waals surface area (Å²) >= 11 is 6.16. The molecule has 8 heteroatoms. The van der Waals surface area contributed by atoms with Gasteiger partial charge in [-0.2, -0.15) is 5.10 Å². The lowest BCUT2D eigenvalue weighted by Gasteiger charge is -2.36. The number of ketones is 3. The fraction of sp³-hybridized carbons (Fsp3) is 0.176. The minimum absolute atomic E-state index is 0.287. The second-order valence-electron chi connectivity index (χ2n) is 10.6. The molecule has 0 saturated carbocycles. The van der Waals surface area contributed by atoms with Crippen molar-refractivity contribution in [1.29, 1.82) is 0 Å². The Bertz CT molecular complexity index is 1780. The zero-order chi connectivity index (χ0) is 29.2. The van der Waals surface area contributed by atoms with E-state index in [1.807, 2.05) is 24.3 Å². The summed E-state index contributed by atoms with van der Waals surface area (Å²) in [6.07, 6.45) is 1.69. The summed E-state index contributed by atoms with van der Waals surface area (Å²) in [7, 11) is 3.06. The zero-order valence-corrected chi connectivity index (χ0v) is 23.5. The van der Waals surface area contributed by atoms with Gasteiger partial charge in [-0.25, -0.2) is 0 Å². The van der Waals surface area contributed by atoms with Crippen molar-refractivity contribution in [3.8, 4) is 11.5 Å². The minimum atomic E-state index is -1.70. The number of hydrazone groups is 1. The van der Waals surface area contributed by atoms with Crippen LogP contribution in [0.1, 0.15) is 59.7 Å². The van der Waals surface area contributed by atoms with Crippen molar-refractivity contribution in [2.75, 3.05) is 14.2 Å². The van der Waals surface area contributed by atoms with Crippen molar-refractivity contribution in [2.45, 2.75) is 18.0 Å². The number of methoxy groups -OCH3 is 2. The van der Waals surface area contributed by atoms with E-state index in [0.717, 1.165) is 11.1 Å². The van der Waals surface area contributed by atoms with Gasteiger partial charge in [-0.05, 0) is 41.5 Å². The molecule has 2 heterocycles. The van der Waals surface area contributed by atoms with Gasteiger partial charge in [-0.1, -0.05) is 66.2 Å². The Morgan fingerprint density at radius 1 is 0.833 bits per heavy atom. The smallest absolute Gasteiger partial charge is 0.187 e. The van der Waals surface area contributed by atoms with Gasteiger partial charge in [-0.3, -0.25) is 19.4 Å². The first-order valence-corrected chi connectivity index (χ1v) is 13.9. The normalized spacial score (nSPS) is 21.2. The lowest BCUT2D eigenvalue weighted by Crippen LogP contribution is -2.44. The van der Waals surface area contributed by atoms with Crippen molar-refractivity contribution >= 4 is 35.2 Å². The summed E-state index contributed by atoms with van der Waals surface area (Å²) in [6, 6.07) is 24.4. The van der Waals surface area contributed by atoms with Crippen molar-refractivity contribution in [1.82, 2.24) is 5.01 Å². The molecular weight excluding hydrogens is 552 g/mol. The summed E-state index contributed by atoms with van der Waals surface area (Å²) in [5.74, 6) is -0.969. The van der Waals surface area contributed by atoms with Gasteiger partial charge in [0.25, 0.3) is 0 Å². The molecule has 4 aromatic carbocycles. The van der Waals surface area contributed by atoms with Gasteiger partial charge in [0.2, 0.25) is 0 Å². The highest BCUT2D eigenvalue weighted by Gasteiger charge is 2.73. The molecule has 0 amide bonds. The molecule has 208 valence electrons. The molecule has 0 radical (unpaired) electrons. The van der Waals surface area contributed by atoms with Crippen LogP contribution in [0.3, 0.4) is 0 Å². The number of Topliss-reactive ketones (excluding diaryl/α,β-unsaturated/α-hetero) is 3. The van der Waals surface area contributed by atoms with Crippen molar-refractivity contribution < 1.29 is 23.9 Å². The minimum Gasteiger partial charge on any atom is -0.497 e. The fourth-order valence-electron chi connectivity index (χ4n) is 6.98. The molecule has 7 rings (SSSR count). The Morgan fingerprint density at radius 2 is 1.50 bits per heavy atom. The number of nitrogens with zero attached hydrogens (tertiary/aromatic N) is 2. The summed E-state index contributed by atoms with van der Waals surface area (Å²) < 4.78 is 11.3. The van der Waals surface area contributed by atoms with Crippen LogP contribution in [0.15, 0.2) is 96.1 Å². The van der Waals surface area contributed by atoms with Gasteiger partial charge >= 0.3 is 0 Å². The average molecular weight is 577 g/mol. The van der Waals surface area contributed by atoms with E-state index in [1.165, 1.54) is 7.11 Å². The molecule has 4 aromatic rings. The summed E-state index contributed by atoms with van der Waals surface area (Å²) in [5.41, 5.74) is 1.45. The van der Waals surface area contributed by atoms with E-state index >= 15 is 0 Å². The largest absolute Gasteiger partial charge is 0.497 e. The van der Waals surface area contributed by atoms with E-state index in [2.05, 4.69) is 0 Å². The molecule has 42 heavy (non-hydrogen) atoms. The number of carbonyl (C=O) groups excluding carboxylic acids is 3. The van der Waals surface area contributed by atoms with Gasteiger partial charge < -0.3 is 9.47 Å². The molecule has 1 spiro atoms. The number of benzene rings is 4. The number of ether oxygens (including phenoxy) is 2. The third-order valence-electron chi connectivity index (χ3n) is 8.75. The van der Waals surface area contributed by atoms with Gasteiger partial charge in [0.05, 0.1) is 26.5 Å². The first-order valence-electron chi connectivity index (χ1n) is 13.5. The molecular formula is C34H25ClN2O5. The van der Waals surface area contributed by atoms with E-state index in [1.54, 1.807) is 85.1 Å². The number of hydrogen-bond donors (Lipinski definition) is 0. The third-order valence-corrected chi connectivity index (χ3v) is 9.00. The Balaban J connectivity index is 1.57. The standard InChI is InChI=1S/C34H25ClN2O5/c1-41-22-15-16-26(27(17-22)42-2)28-29(30(38)19-11-13-21(35)14-12-19)37-31(23-8-4-3-7-20(23)18-36-37)34(28)32(39)24-9-5-6-10-25(24)33(34)40/h3-18,28-29,31H,1-2H3/t28-,29+,31-/m1/s1. The maximum absolute atomic E-state index is 14.9. The van der Waals surface area contributed by atoms with Gasteiger partial charge in [0, 0.05) is 39.3 Å². The van der Waals surface area contributed by atoms with Crippen LogP contribution in [0.25, 0.3) is 0 Å². The molecule has 1 saturated heterocycles. The van der Waals surface area contributed by atoms with Crippen LogP contribution in [-0.4, -0.2) is 48.8 Å². The molecule has 0 unspecified atom stereocenters. The quantitative estimate of drug-likeness (QED) is 0.209. The summed E-state index contributed by atoms with van der Waals surface area (Å²) in [6.45, 7) is 0. The van der Waals surface area contributed by atoms with Gasteiger partial charge in [0.15, 0.2) is 17.3 Å². The first-order chi connectivity index (χ1) is 20.4. The highest BCUT2D eigenvalue weighted by atomic mass is 35.5. The maximum atomic E-state index is 14.9. The lowest BCUT2D eigenvalue weighted by atomic mass is 9.62. The van der Waals surface area contributed by atoms with Crippen LogP contribution in [0, 0.1) is 5.41 Å². The van der Waals surface area contributed by atoms with E-state index in [9.17, 15) is 14.4 Å². The van der Waals surface area contributed by atoms with Crippen molar-refractivity contribution in [2.24, 2.45) is 10.5 Å². The highest BCUT2D eigenvalue weighted by molar-refractivity contribution is 6.32. The van der Waals surface area contributed by atoms with E-state index < -0.39 is 23.4 Å².